The van der Waals surface area contributed by atoms with Crippen LogP contribution in [0.4, 0.5) is 0 Å². The molecule has 7 aromatic rings. The summed E-state index contributed by atoms with van der Waals surface area (Å²) >= 11 is 0. The number of aromatic nitrogens is 3. The molecule has 2 heterocycles. The molecule has 3 heteroatoms. The summed E-state index contributed by atoms with van der Waals surface area (Å²) in [5.41, 5.74) is 9.69. The van der Waals surface area contributed by atoms with Crippen LogP contribution in [-0.4, -0.2) is 14.5 Å². The van der Waals surface area contributed by atoms with Gasteiger partial charge in [-0.25, -0.2) is 9.97 Å². The number of fused-ring (bicyclic) bond motifs is 3. The zero-order valence-corrected chi connectivity index (χ0v) is 18.8. The van der Waals surface area contributed by atoms with Gasteiger partial charge in [-0.15, -0.1) is 0 Å². The first-order valence-corrected chi connectivity index (χ1v) is 11.8. The maximum atomic E-state index is 4.67. The zero-order valence-electron chi connectivity index (χ0n) is 18.8. The molecule has 0 saturated carbocycles. The molecular weight excluding hydrogens is 426 g/mol. The molecule has 0 saturated heterocycles. The highest BCUT2D eigenvalue weighted by atomic mass is 15.1. The lowest BCUT2D eigenvalue weighted by atomic mass is 9.92. The predicted molar refractivity (Wildman–Crippen MR) is 144 cm³/mol. The Morgan fingerprint density at radius 1 is 0.457 bits per heavy atom. The molecule has 0 atom stereocenters. The van der Waals surface area contributed by atoms with Crippen molar-refractivity contribution >= 4 is 32.6 Å². The second-order valence-corrected chi connectivity index (χ2v) is 9.08. The van der Waals surface area contributed by atoms with Crippen LogP contribution in [0, 0.1) is 0 Å². The second-order valence-electron chi connectivity index (χ2n) is 9.08. The molecule has 0 N–H and O–H groups in total. The fourth-order valence-electron chi connectivity index (χ4n) is 5.81. The smallest absolute Gasteiger partial charge is 0.234 e. The molecule has 0 unspecified atom stereocenters. The predicted octanol–water partition coefficient (Wildman–Crippen LogP) is 8.04. The van der Waals surface area contributed by atoms with Crippen LogP contribution in [0.5, 0.6) is 0 Å². The third-order valence-corrected chi connectivity index (χ3v) is 7.24. The van der Waals surface area contributed by atoms with Crippen LogP contribution >= 0.6 is 0 Å². The molecular formula is C32H19N3. The van der Waals surface area contributed by atoms with Gasteiger partial charge in [0.25, 0.3) is 0 Å². The summed E-state index contributed by atoms with van der Waals surface area (Å²) in [4.78, 5) is 9.34. The fourth-order valence-corrected chi connectivity index (χ4v) is 5.81. The van der Waals surface area contributed by atoms with E-state index in [0.717, 1.165) is 11.0 Å². The van der Waals surface area contributed by atoms with Crippen LogP contribution in [0.3, 0.4) is 0 Å². The molecule has 8 rings (SSSR count). The van der Waals surface area contributed by atoms with E-state index in [1.807, 2.05) is 18.5 Å². The van der Waals surface area contributed by atoms with Crippen molar-refractivity contribution in [3.63, 3.8) is 0 Å². The van der Waals surface area contributed by atoms with E-state index in [1.54, 1.807) is 0 Å². The summed E-state index contributed by atoms with van der Waals surface area (Å²) in [5, 5.41) is 5.07. The Labute approximate surface area is 202 Å². The molecule has 0 amide bonds. The minimum absolute atomic E-state index is 0.689. The van der Waals surface area contributed by atoms with E-state index >= 15 is 0 Å². The number of benzene rings is 5. The Morgan fingerprint density at radius 3 is 2.03 bits per heavy atom. The van der Waals surface area contributed by atoms with Crippen LogP contribution in [0.1, 0.15) is 0 Å². The van der Waals surface area contributed by atoms with Crippen molar-refractivity contribution in [1.82, 2.24) is 14.5 Å². The lowest BCUT2D eigenvalue weighted by molar-refractivity contribution is 0.989. The van der Waals surface area contributed by atoms with Gasteiger partial charge in [-0.3, -0.25) is 4.57 Å². The lowest BCUT2D eigenvalue weighted by Crippen LogP contribution is -2.00. The normalized spacial score (nSPS) is 12.0. The number of hydrogen-bond donors (Lipinski definition) is 0. The van der Waals surface area contributed by atoms with Crippen LogP contribution in [-0.2, 0) is 0 Å². The van der Waals surface area contributed by atoms with Gasteiger partial charge in [0.2, 0.25) is 5.95 Å². The van der Waals surface area contributed by atoms with Gasteiger partial charge in [-0.1, -0.05) is 78.9 Å². The van der Waals surface area contributed by atoms with Gasteiger partial charge in [0, 0.05) is 23.2 Å². The first kappa shape index (κ1) is 18.6. The monoisotopic (exact) mass is 445 g/mol. The van der Waals surface area contributed by atoms with E-state index in [2.05, 4.69) is 112 Å². The second kappa shape index (κ2) is 6.87. The maximum absolute atomic E-state index is 4.67. The molecule has 1 aliphatic rings. The van der Waals surface area contributed by atoms with Crippen LogP contribution < -0.4 is 0 Å². The minimum Gasteiger partial charge on any atom is -0.278 e. The average molecular weight is 446 g/mol. The highest BCUT2D eigenvalue weighted by Crippen LogP contribution is 2.50. The Bertz CT molecular complexity index is 1930. The fraction of sp³-hybridized carbons (Fsp3) is 0. The highest BCUT2D eigenvalue weighted by Gasteiger charge is 2.25. The molecule has 0 fully saturated rings. The summed E-state index contributed by atoms with van der Waals surface area (Å²) in [6.07, 6.45) is 3.63. The number of hydrogen-bond acceptors (Lipinski definition) is 2. The summed E-state index contributed by atoms with van der Waals surface area (Å²) in [5.74, 6) is 0.689. The van der Waals surface area contributed by atoms with E-state index < -0.39 is 0 Å². The maximum Gasteiger partial charge on any atom is 0.234 e. The SMILES string of the molecule is c1ccc(-c2cc3c4c5c6c(cccc6ccc5n(-c5ncccn5)c4c2)-c2ccccc2-3)cc1. The molecule has 35 heavy (non-hydrogen) atoms. The summed E-state index contributed by atoms with van der Waals surface area (Å²) < 4.78 is 2.23. The lowest BCUT2D eigenvalue weighted by Gasteiger charge is -2.14. The molecule has 1 aliphatic carbocycles. The van der Waals surface area contributed by atoms with Crippen molar-refractivity contribution in [2.24, 2.45) is 0 Å². The Hall–Kier alpha value is -4.76. The summed E-state index contributed by atoms with van der Waals surface area (Å²) in [6, 6.07) is 37.0. The molecule has 5 aromatic carbocycles. The topological polar surface area (TPSA) is 30.7 Å². The van der Waals surface area contributed by atoms with Crippen molar-refractivity contribution in [3.05, 3.63) is 116 Å². The molecule has 2 aromatic heterocycles. The third-order valence-electron chi connectivity index (χ3n) is 7.24. The zero-order chi connectivity index (χ0) is 22.9. The molecule has 0 aliphatic heterocycles. The van der Waals surface area contributed by atoms with Crippen LogP contribution in [0.2, 0.25) is 0 Å². The molecule has 3 nitrogen and oxygen atoms in total. The summed E-state index contributed by atoms with van der Waals surface area (Å²) in [7, 11) is 0. The van der Waals surface area contributed by atoms with Gasteiger partial charge < -0.3 is 0 Å². The first-order valence-electron chi connectivity index (χ1n) is 11.8. The van der Waals surface area contributed by atoms with E-state index in [4.69, 9.17) is 0 Å². The Balaban J connectivity index is 1.68. The van der Waals surface area contributed by atoms with Crippen molar-refractivity contribution in [1.29, 1.82) is 0 Å². The van der Waals surface area contributed by atoms with Crippen LogP contribution in [0.15, 0.2) is 116 Å². The average Bonchev–Trinajstić information content (AvgIpc) is 3.21. The van der Waals surface area contributed by atoms with E-state index in [1.165, 1.54) is 54.9 Å². The van der Waals surface area contributed by atoms with Crippen molar-refractivity contribution < 1.29 is 0 Å². The van der Waals surface area contributed by atoms with Crippen molar-refractivity contribution in [3.8, 4) is 39.3 Å². The van der Waals surface area contributed by atoms with Gasteiger partial charge in [0.15, 0.2) is 0 Å². The third kappa shape index (κ3) is 2.50. The Morgan fingerprint density at radius 2 is 1.20 bits per heavy atom. The summed E-state index contributed by atoms with van der Waals surface area (Å²) in [6.45, 7) is 0. The van der Waals surface area contributed by atoms with Crippen LogP contribution in [0.25, 0.3) is 71.9 Å². The minimum atomic E-state index is 0.689. The van der Waals surface area contributed by atoms with Crippen molar-refractivity contribution in [2.75, 3.05) is 0 Å². The number of nitrogens with zero attached hydrogens (tertiary/aromatic N) is 3. The van der Waals surface area contributed by atoms with E-state index in [9.17, 15) is 0 Å². The number of rotatable bonds is 2. The largest absolute Gasteiger partial charge is 0.278 e. The quantitative estimate of drug-likeness (QED) is 0.269. The van der Waals surface area contributed by atoms with E-state index in [-0.39, 0.29) is 0 Å². The van der Waals surface area contributed by atoms with E-state index in [0.29, 0.717) is 5.95 Å². The standard InChI is InChI=1S/C32H19N3/c1-2-8-20(9-3-1)22-18-26-24-12-5-4-11-23(24)25-13-6-10-21-14-15-27-31(29(21)25)30(26)28(19-22)35(27)32-33-16-7-17-34-32/h1-19H. The Kier molecular flexibility index (Phi) is 3.66. The molecule has 0 radical (unpaired) electrons. The molecule has 162 valence electrons. The highest BCUT2D eigenvalue weighted by molar-refractivity contribution is 6.30. The van der Waals surface area contributed by atoms with Gasteiger partial charge in [-0.05, 0) is 68.4 Å². The molecule has 0 spiro atoms. The van der Waals surface area contributed by atoms with Gasteiger partial charge in [0.1, 0.15) is 0 Å². The van der Waals surface area contributed by atoms with Gasteiger partial charge in [-0.2, -0.15) is 0 Å². The van der Waals surface area contributed by atoms with Crippen molar-refractivity contribution in [2.45, 2.75) is 0 Å². The van der Waals surface area contributed by atoms with Gasteiger partial charge in [0.05, 0.1) is 11.0 Å². The molecule has 0 bridgehead atoms. The van der Waals surface area contributed by atoms with Gasteiger partial charge >= 0.3 is 0 Å². The first-order chi connectivity index (χ1) is 17.4.